The lowest BCUT2D eigenvalue weighted by molar-refractivity contribution is 0.0920. The number of hydrogen-bond acceptors (Lipinski definition) is 1. The largest absolute Gasteiger partial charge is 0.381 e. The molecule has 0 saturated heterocycles. The van der Waals surface area contributed by atoms with Crippen molar-refractivity contribution >= 4 is 0 Å². The molecule has 2 aromatic rings. The maximum atomic E-state index is 14.9. The van der Waals surface area contributed by atoms with Crippen LogP contribution in [-0.2, 0) is 11.2 Å². The summed E-state index contributed by atoms with van der Waals surface area (Å²) in [5.74, 6) is 3.25. The van der Waals surface area contributed by atoms with Gasteiger partial charge in [0, 0.05) is 13.2 Å². The lowest BCUT2D eigenvalue weighted by Gasteiger charge is -2.28. The standard InChI is InChI=1S/C34H49FO/c1-3-7-26-10-12-27(13-11-26)8-5-6-9-32-22-23-33(24-34(32)35)31-20-18-30(19-21-31)29-16-14-28(15-17-29)25-36-4-2/h18-24,26-29H,3-17,25H2,1-2H3. The first-order valence-corrected chi connectivity index (χ1v) is 15.1. The number of hydrogen-bond donors (Lipinski definition) is 0. The van der Waals surface area contributed by atoms with Crippen LogP contribution in [-0.4, -0.2) is 13.2 Å². The van der Waals surface area contributed by atoms with Gasteiger partial charge in [-0.2, -0.15) is 0 Å². The maximum Gasteiger partial charge on any atom is 0.127 e. The van der Waals surface area contributed by atoms with E-state index in [4.69, 9.17) is 4.74 Å². The summed E-state index contributed by atoms with van der Waals surface area (Å²) in [7, 11) is 0. The van der Waals surface area contributed by atoms with Crippen molar-refractivity contribution in [1.82, 2.24) is 0 Å². The summed E-state index contributed by atoms with van der Waals surface area (Å²) in [6, 6.07) is 14.8. The van der Waals surface area contributed by atoms with E-state index in [1.807, 2.05) is 6.07 Å². The molecule has 4 rings (SSSR count). The monoisotopic (exact) mass is 492 g/mol. The first-order valence-electron chi connectivity index (χ1n) is 15.1. The Morgan fingerprint density at radius 3 is 2.00 bits per heavy atom. The molecule has 0 amide bonds. The zero-order chi connectivity index (χ0) is 25.2. The number of unbranched alkanes of at least 4 members (excludes halogenated alkanes) is 1. The van der Waals surface area contributed by atoms with Gasteiger partial charge in [0.25, 0.3) is 0 Å². The molecule has 198 valence electrons. The molecule has 0 aromatic heterocycles. The molecule has 2 saturated carbocycles. The Labute approximate surface area is 220 Å². The minimum absolute atomic E-state index is 0.0377. The number of halogens is 1. The van der Waals surface area contributed by atoms with Crippen molar-refractivity contribution in [3.63, 3.8) is 0 Å². The number of benzene rings is 2. The van der Waals surface area contributed by atoms with Gasteiger partial charge in [0.1, 0.15) is 5.82 Å². The third kappa shape index (κ3) is 7.91. The predicted octanol–water partition coefficient (Wildman–Crippen LogP) is 10.1. The Morgan fingerprint density at radius 1 is 0.722 bits per heavy atom. The van der Waals surface area contributed by atoms with Crippen LogP contribution in [0.25, 0.3) is 11.1 Å². The van der Waals surface area contributed by atoms with Crippen molar-refractivity contribution in [1.29, 1.82) is 0 Å². The Balaban J connectivity index is 1.21. The minimum Gasteiger partial charge on any atom is -0.381 e. The predicted molar refractivity (Wildman–Crippen MR) is 151 cm³/mol. The highest BCUT2D eigenvalue weighted by Gasteiger charge is 2.23. The van der Waals surface area contributed by atoms with Gasteiger partial charge in [0.2, 0.25) is 0 Å². The second-order valence-corrected chi connectivity index (χ2v) is 11.7. The van der Waals surface area contributed by atoms with Gasteiger partial charge >= 0.3 is 0 Å². The average molecular weight is 493 g/mol. The fourth-order valence-corrected chi connectivity index (χ4v) is 6.79. The molecule has 0 atom stereocenters. The molecule has 2 aromatic carbocycles. The highest BCUT2D eigenvalue weighted by atomic mass is 19.1. The van der Waals surface area contributed by atoms with E-state index in [0.29, 0.717) is 5.92 Å². The van der Waals surface area contributed by atoms with E-state index in [9.17, 15) is 4.39 Å². The molecule has 36 heavy (non-hydrogen) atoms. The summed E-state index contributed by atoms with van der Waals surface area (Å²) in [5.41, 5.74) is 4.43. The summed E-state index contributed by atoms with van der Waals surface area (Å²) < 4.78 is 20.5. The van der Waals surface area contributed by atoms with E-state index in [2.05, 4.69) is 44.2 Å². The molecule has 2 heteroatoms. The Bertz CT molecular complexity index is 888. The minimum atomic E-state index is -0.0377. The molecular weight excluding hydrogens is 443 g/mol. The van der Waals surface area contributed by atoms with Crippen molar-refractivity contribution in [2.45, 2.75) is 110 Å². The van der Waals surface area contributed by atoms with Crippen LogP contribution in [0.5, 0.6) is 0 Å². The molecule has 0 bridgehead atoms. The van der Waals surface area contributed by atoms with E-state index in [0.717, 1.165) is 60.5 Å². The van der Waals surface area contributed by atoms with Crippen molar-refractivity contribution in [2.24, 2.45) is 17.8 Å². The zero-order valence-electron chi connectivity index (χ0n) is 23.0. The number of aryl methyl sites for hydroxylation is 1. The number of ether oxygens (including phenoxy) is 1. The molecule has 0 N–H and O–H groups in total. The third-order valence-corrected chi connectivity index (χ3v) is 9.14. The van der Waals surface area contributed by atoms with E-state index in [-0.39, 0.29) is 5.82 Å². The van der Waals surface area contributed by atoms with Crippen molar-refractivity contribution in [3.05, 3.63) is 59.4 Å². The number of rotatable bonds is 12. The van der Waals surface area contributed by atoms with Crippen LogP contribution in [0.15, 0.2) is 42.5 Å². The van der Waals surface area contributed by atoms with Gasteiger partial charge in [-0.15, -0.1) is 0 Å². The van der Waals surface area contributed by atoms with E-state index >= 15 is 0 Å². The molecule has 0 unspecified atom stereocenters. The van der Waals surface area contributed by atoms with Gasteiger partial charge in [-0.25, -0.2) is 4.39 Å². The van der Waals surface area contributed by atoms with Crippen LogP contribution >= 0.6 is 0 Å². The van der Waals surface area contributed by atoms with E-state index < -0.39 is 0 Å². The van der Waals surface area contributed by atoms with Crippen LogP contribution in [0.4, 0.5) is 4.39 Å². The molecule has 0 radical (unpaired) electrons. The van der Waals surface area contributed by atoms with Crippen molar-refractivity contribution in [3.8, 4) is 11.1 Å². The highest BCUT2D eigenvalue weighted by molar-refractivity contribution is 5.64. The average Bonchev–Trinajstić information content (AvgIpc) is 2.92. The molecular formula is C34H49FO. The van der Waals surface area contributed by atoms with Crippen LogP contribution in [0.1, 0.15) is 114 Å². The third-order valence-electron chi connectivity index (χ3n) is 9.14. The zero-order valence-corrected chi connectivity index (χ0v) is 23.0. The van der Waals surface area contributed by atoms with Gasteiger partial charge in [-0.05, 0) is 97.4 Å². The van der Waals surface area contributed by atoms with Crippen LogP contribution in [0.2, 0.25) is 0 Å². The Kier molecular flexibility index (Phi) is 10.9. The summed E-state index contributed by atoms with van der Waals surface area (Å²) in [6.07, 6.45) is 18.0. The Morgan fingerprint density at radius 2 is 1.36 bits per heavy atom. The molecule has 2 aliphatic carbocycles. The highest BCUT2D eigenvalue weighted by Crippen LogP contribution is 2.37. The van der Waals surface area contributed by atoms with Crippen molar-refractivity contribution < 1.29 is 9.13 Å². The normalized spacial score (nSPS) is 24.6. The molecule has 2 fully saturated rings. The van der Waals surface area contributed by atoms with Crippen LogP contribution in [0.3, 0.4) is 0 Å². The first-order chi connectivity index (χ1) is 17.7. The van der Waals surface area contributed by atoms with E-state index in [1.54, 1.807) is 6.07 Å². The molecule has 0 spiro atoms. The summed E-state index contributed by atoms with van der Waals surface area (Å²) in [5, 5.41) is 0. The van der Waals surface area contributed by atoms with Gasteiger partial charge in [0.05, 0.1) is 0 Å². The lowest BCUT2D eigenvalue weighted by Crippen LogP contribution is -2.17. The van der Waals surface area contributed by atoms with Gasteiger partial charge in [0.15, 0.2) is 0 Å². The topological polar surface area (TPSA) is 9.23 Å². The van der Waals surface area contributed by atoms with Crippen LogP contribution in [0, 0.1) is 23.6 Å². The van der Waals surface area contributed by atoms with Gasteiger partial charge in [-0.3, -0.25) is 0 Å². The lowest BCUT2D eigenvalue weighted by atomic mass is 9.78. The SMILES string of the molecule is CCCC1CCC(CCCCc2ccc(-c3ccc(C4CCC(COCC)CC4)cc3)cc2F)CC1. The van der Waals surface area contributed by atoms with Gasteiger partial charge < -0.3 is 4.74 Å². The van der Waals surface area contributed by atoms with E-state index in [1.165, 1.54) is 82.6 Å². The second-order valence-electron chi connectivity index (χ2n) is 11.7. The molecule has 1 nitrogen and oxygen atoms in total. The fraction of sp³-hybridized carbons (Fsp3) is 0.647. The second kappa shape index (κ2) is 14.3. The smallest absolute Gasteiger partial charge is 0.127 e. The Hall–Kier alpha value is -1.67. The summed E-state index contributed by atoms with van der Waals surface area (Å²) in [6.45, 7) is 6.13. The van der Waals surface area contributed by atoms with Crippen LogP contribution < -0.4 is 0 Å². The summed E-state index contributed by atoms with van der Waals surface area (Å²) in [4.78, 5) is 0. The summed E-state index contributed by atoms with van der Waals surface area (Å²) >= 11 is 0. The maximum absolute atomic E-state index is 14.9. The first kappa shape index (κ1) is 27.4. The molecule has 0 heterocycles. The molecule has 2 aliphatic rings. The molecule has 0 aliphatic heterocycles. The quantitative estimate of drug-likeness (QED) is 0.268. The van der Waals surface area contributed by atoms with Gasteiger partial charge in [-0.1, -0.05) is 94.7 Å². The fourth-order valence-electron chi connectivity index (χ4n) is 6.79. The van der Waals surface area contributed by atoms with Crippen molar-refractivity contribution in [2.75, 3.05) is 13.2 Å².